The molecule has 0 saturated carbocycles. The molecule has 0 saturated heterocycles. The lowest BCUT2D eigenvalue weighted by Crippen LogP contribution is -2.25. The molecular weight excluding hydrogens is 552 g/mol. The Morgan fingerprint density at radius 1 is 1.17 bits per heavy atom. The van der Waals surface area contributed by atoms with Crippen molar-refractivity contribution in [1.29, 1.82) is 0 Å². The van der Waals surface area contributed by atoms with Crippen LogP contribution in [0.15, 0.2) is 12.1 Å². The minimum Gasteiger partial charge on any atom is -0.506 e. The summed E-state index contributed by atoms with van der Waals surface area (Å²) >= 11 is 3.98. The number of amides is 1. The molecule has 0 aromatic heterocycles. The van der Waals surface area contributed by atoms with Crippen LogP contribution in [-0.4, -0.2) is 42.1 Å². The van der Waals surface area contributed by atoms with E-state index in [4.69, 9.17) is 4.55 Å². The number of hydrogen-bond acceptors (Lipinski definition) is 5. The lowest BCUT2D eigenvalue weighted by Gasteiger charge is -2.08. The van der Waals surface area contributed by atoms with E-state index in [1.165, 1.54) is 0 Å². The second-order valence-electron chi connectivity index (χ2n) is 4.76. The summed E-state index contributed by atoms with van der Waals surface area (Å²) in [6, 6.07) is 3.32. The molecular formula is C13H15I2NO6S. The zero-order chi connectivity index (χ0) is 17.6. The molecule has 0 unspecified atom stereocenters. The molecule has 0 heterocycles. The van der Waals surface area contributed by atoms with Gasteiger partial charge in [0.15, 0.2) is 0 Å². The first-order valence-corrected chi connectivity index (χ1v) is 10.3. The standard InChI is InChI=1S/C13H15I2NO6S/c14-8-5-10(12(18)11(15)6-8)13(19)16-4-2-1-3-9(17)7-23(20,21)22/h5-6,18H,1-4,7H2,(H,16,19)(H,20,21,22). The maximum atomic E-state index is 12.0. The van der Waals surface area contributed by atoms with E-state index in [1.807, 2.05) is 45.2 Å². The van der Waals surface area contributed by atoms with Crippen LogP contribution in [0.4, 0.5) is 0 Å². The van der Waals surface area contributed by atoms with Gasteiger partial charge in [0.05, 0.1) is 9.13 Å². The summed E-state index contributed by atoms with van der Waals surface area (Å²) in [4.78, 5) is 23.2. The summed E-state index contributed by atoms with van der Waals surface area (Å²) in [5.74, 6) is -1.94. The molecule has 1 aromatic rings. The summed E-state index contributed by atoms with van der Waals surface area (Å²) in [7, 11) is -4.28. The number of aromatic hydroxyl groups is 1. The van der Waals surface area contributed by atoms with Crippen LogP contribution in [0, 0.1) is 7.14 Å². The molecule has 0 aliphatic rings. The molecule has 1 amide bonds. The number of unbranched alkanes of at least 4 members (excludes halogenated alkanes) is 1. The Bertz CT molecular complexity index is 705. The van der Waals surface area contributed by atoms with Crippen LogP contribution < -0.4 is 5.32 Å². The molecule has 0 bridgehead atoms. The number of hydrogen-bond donors (Lipinski definition) is 3. The molecule has 0 aliphatic carbocycles. The molecule has 7 nitrogen and oxygen atoms in total. The predicted octanol–water partition coefficient (Wildman–Crippen LogP) is 1.96. The Balaban J connectivity index is 2.40. The molecule has 0 radical (unpaired) electrons. The van der Waals surface area contributed by atoms with Crippen molar-refractivity contribution in [2.24, 2.45) is 0 Å². The number of halogens is 2. The lowest BCUT2D eigenvalue weighted by atomic mass is 10.1. The Hall–Kier alpha value is -0.470. The van der Waals surface area contributed by atoms with Gasteiger partial charge < -0.3 is 10.4 Å². The topological polar surface area (TPSA) is 121 Å². The Kier molecular flexibility index (Phi) is 8.17. The van der Waals surface area contributed by atoms with Gasteiger partial charge in [0.2, 0.25) is 0 Å². The number of ketones is 1. The van der Waals surface area contributed by atoms with Crippen LogP contribution in [-0.2, 0) is 14.9 Å². The molecule has 23 heavy (non-hydrogen) atoms. The SMILES string of the molecule is O=C(CCCCNC(=O)c1cc(I)cc(I)c1O)CS(=O)(=O)O. The fourth-order valence-corrected chi connectivity index (χ4v) is 4.15. The molecule has 0 fully saturated rings. The highest BCUT2D eigenvalue weighted by Crippen LogP contribution is 2.26. The Morgan fingerprint density at radius 3 is 2.43 bits per heavy atom. The van der Waals surface area contributed by atoms with Gasteiger partial charge in [0.1, 0.15) is 17.3 Å². The van der Waals surface area contributed by atoms with Crippen LogP contribution in [0.5, 0.6) is 5.75 Å². The average molecular weight is 567 g/mol. The number of carbonyl (C=O) groups excluding carboxylic acids is 2. The quantitative estimate of drug-likeness (QED) is 0.251. The largest absolute Gasteiger partial charge is 0.506 e. The van der Waals surface area contributed by atoms with Gasteiger partial charge in [-0.1, -0.05) is 0 Å². The van der Waals surface area contributed by atoms with Gasteiger partial charge >= 0.3 is 0 Å². The molecule has 1 aromatic carbocycles. The van der Waals surface area contributed by atoms with Crippen LogP contribution in [0.3, 0.4) is 0 Å². The van der Waals surface area contributed by atoms with Gasteiger partial charge in [-0.3, -0.25) is 14.1 Å². The van der Waals surface area contributed by atoms with Crippen LogP contribution in [0.2, 0.25) is 0 Å². The monoisotopic (exact) mass is 567 g/mol. The summed E-state index contributed by atoms with van der Waals surface area (Å²) < 4.78 is 31.0. The van der Waals surface area contributed by atoms with Crippen molar-refractivity contribution in [3.63, 3.8) is 0 Å². The lowest BCUT2D eigenvalue weighted by molar-refractivity contribution is -0.116. The van der Waals surface area contributed by atoms with Crippen LogP contribution >= 0.6 is 45.2 Å². The van der Waals surface area contributed by atoms with Crippen LogP contribution in [0.1, 0.15) is 29.6 Å². The van der Waals surface area contributed by atoms with Crippen molar-refractivity contribution in [3.8, 4) is 5.75 Å². The number of phenols is 1. The van der Waals surface area contributed by atoms with Gasteiger partial charge in [-0.05, 0) is 70.2 Å². The fourth-order valence-electron chi connectivity index (χ4n) is 1.76. The number of carbonyl (C=O) groups is 2. The number of benzene rings is 1. The first kappa shape index (κ1) is 20.6. The van der Waals surface area contributed by atoms with Crippen molar-refractivity contribution in [2.45, 2.75) is 19.3 Å². The molecule has 3 N–H and O–H groups in total. The minimum atomic E-state index is -4.28. The molecule has 128 valence electrons. The highest BCUT2D eigenvalue weighted by molar-refractivity contribution is 14.1. The van der Waals surface area contributed by atoms with Gasteiger partial charge in [0, 0.05) is 16.5 Å². The fraction of sp³-hybridized carbons (Fsp3) is 0.385. The molecule has 0 spiro atoms. The van der Waals surface area contributed by atoms with Crippen molar-refractivity contribution < 1.29 is 27.7 Å². The molecule has 0 aliphatic heterocycles. The summed E-state index contributed by atoms with van der Waals surface area (Å²) in [6.45, 7) is 0.291. The van der Waals surface area contributed by atoms with E-state index in [9.17, 15) is 23.1 Å². The number of Topliss-reactive ketones (excluding diaryl/α,β-unsaturated/α-hetero) is 1. The zero-order valence-electron chi connectivity index (χ0n) is 11.9. The maximum Gasteiger partial charge on any atom is 0.272 e. The van der Waals surface area contributed by atoms with Crippen LogP contribution in [0.25, 0.3) is 0 Å². The van der Waals surface area contributed by atoms with E-state index in [2.05, 4.69) is 5.32 Å². The third kappa shape index (κ3) is 7.76. The third-order valence-electron chi connectivity index (χ3n) is 2.78. The highest BCUT2D eigenvalue weighted by atomic mass is 127. The molecule has 0 atom stereocenters. The van der Waals surface area contributed by atoms with Gasteiger partial charge in [-0.25, -0.2) is 0 Å². The van der Waals surface area contributed by atoms with Gasteiger partial charge in [-0.2, -0.15) is 8.42 Å². The first-order valence-electron chi connectivity index (χ1n) is 6.53. The van der Waals surface area contributed by atoms with Gasteiger partial charge in [-0.15, -0.1) is 0 Å². The van der Waals surface area contributed by atoms with Gasteiger partial charge in [0.25, 0.3) is 16.0 Å². The van der Waals surface area contributed by atoms with E-state index >= 15 is 0 Å². The predicted molar refractivity (Wildman–Crippen MR) is 101 cm³/mol. The van der Waals surface area contributed by atoms with E-state index in [0.29, 0.717) is 23.0 Å². The van der Waals surface area contributed by atoms with E-state index in [1.54, 1.807) is 12.1 Å². The van der Waals surface area contributed by atoms with Crippen molar-refractivity contribution >= 4 is 67.0 Å². The number of nitrogens with one attached hydrogen (secondary N) is 1. The summed E-state index contributed by atoms with van der Waals surface area (Å²) in [5, 5.41) is 12.5. The third-order valence-corrected chi connectivity index (χ3v) is 4.92. The van der Waals surface area contributed by atoms with E-state index in [-0.39, 0.29) is 17.7 Å². The van der Waals surface area contributed by atoms with E-state index in [0.717, 1.165) is 3.57 Å². The summed E-state index contributed by atoms with van der Waals surface area (Å²) in [6.07, 6.45) is 0.886. The van der Waals surface area contributed by atoms with Crippen molar-refractivity contribution in [2.75, 3.05) is 12.3 Å². The average Bonchev–Trinajstić information content (AvgIpc) is 2.40. The zero-order valence-corrected chi connectivity index (χ0v) is 17.0. The van der Waals surface area contributed by atoms with Crippen molar-refractivity contribution in [3.05, 3.63) is 24.8 Å². The highest BCUT2D eigenvalue weighted by Gasteiger charge is 2.15. The second kappa shape index (κ2) is 9.13. The van der Waals surface area contributed by atoms with Crippen molar-refractivity contribution in [1.82, 2.24) is 5.32 Å². The summed E-state index contributed by atoms with van der Waals surface area (Å²) in [5.41, 5.74) is 0.184. The Labute approximate surface area is 161 Å². The molecule has 10 heteroatoms. The smallest absolute Gasteiger partial charge is 0.272 e. The normalized spacial score (nSPS) is 11.3. The maximum absolute atomic E-state index is 12.0. The number of phenolic OH excluding ortho intramolecular Hbond substituents is 1. The second-order valence-corrected chi connectivity index (χ2v) is 8.62. The minimum absolute atomic E-state index is 0.0159. The first-order chi connectivity index (χ1) is 10.6. The number of rotatable bonds is 8. The van der Waals surface area contributed by atoms with E-state index < -0.39 is 27.6 Å². The Morgan fingerprint density at radius 2 is 1.83 bits per heavy atom. The molecule has 1 rings (SSSR count).